The van der Waals surface area contributed by atoms with Crippen LogP contribution < -0.4 is 5.32 Å². The van der Waals surface area contributed by atoms with E-state index in [1.807, 2.05) is 0 Å². The number of carbonyl (C=O) groups is 1. The second-order valence-corrected chi connectivity index (χ2v) is 4.69. The lowest BCUT2D eigenvalue weighted by Gasteiger charge is -2.06. The minimum Gasteiger partial charge on any atom is -0.503 e. The number of nitrogens with one attached hydrogen (secondary N) is 1. The summed E-state index contributed by atoms with van der Waals surface area (Å²) in [7, 11) is 0. The zero-order chi connectivity index (χ0) is 15.3. The van der Waals surface area contributed by atoms with Gasteiger partial charge in [-0.15, -0.1) is 0 Å². The summed E-state index contributed by atoms with van der Waals surface area (Å²) in [5, 5.41) is 12.0. The number of halogens is 2. The molecule has 108 valence electrons. The van der Waals surface area contributed by atoms with E-state index in [-0.39, 0.29) is 6.04 Å². The number of aliphatic hydroxyl groups excluding tert-OH is 1. The maximum atomic E-state index is 13.1. The SMILES string of the molecule is C/C(=C\C=C(/O)C(=O)NC(C)C)c1cc(F)cc(F)c1. The molecule has 0 heterocycles. The van der Waals surface area contributed by atoms with Crippen LogP contribution in [-0.4, -0.2) is 17.1 Å². The molecule has 0 aromatic heterocycles. The molecule has 0 aliphatic heterocycles. The van der Waals surface area contributed by atoms with E-state index < -0.39 is 23.3 Å². The quantitative estimate of drug-likeness (QED) is 0.505. The summed E-state index contributed by atoms with van der Waals surface area (Å²) < 4.78 is 26.1. The molecule has 0 saturated heterocycles. The zero-order valence-electron chi connectivity index (χ0n) is 11.6. The molecule has 0 bridgehead atoms. The van der Waals surface area contributed by atoms with Gasteiger partial charge in [0.15, 0.2) is 5.76 Å². The molecule has 1 aromatic rings. The molecule has 0 spiro atoms. The summed E-state index contributed by atoms with van der Waals surface area (Å²) >= 11 is 0. The monoisotopic (exact) mass is 281 g/mol. The van der Waals surface area contributed by atoms with Crippen molar-refractivity contribution in [3.8, 4) is 0 Å². The number of aliphatic hydroxyl groups is 1. The minimum atomic E-state index is -0.682. The Morgan fingerprint density at radius 1 is 1.20 bits per heavy atom. The lowest BCUT2D eigenvalue weighted by atomic mass is 10.1. The average molecular weight is 281 g/mol. The van der Waals surface area contributed by atoms with Crippen LogP contribution in [0.3, 0.4) is 0 Å². The molecule has 0 fully saturated rings. The number of rotatable bonds is 4. The number of benzene rings is 1. The number of carbonyl (C=O) groups excluding carboxylic acids is 1. The van der Waals surface area contributed by atoms with Crippen LogP contribution >= 0.6 is 0 Å². The van der Waals surface area contributed by atoms with Crippen LogP contribution in [0.5, 0.6) is 0 Å². The van der Waals surface area contributed by atoms with Gasteiger partial charge in [-0.3, -0.25) is 4.79 Å². The first-order chi connectivity index (χ1) is 9.29. The van der Waals surface area contributed by atoms with E-state index in [0.717, 1.165) is 6.07 Å². The number of amides is 1. The second-order valence-electron chi connectivity index (χ2n) is 4.69. The Bertz CT molecular complexity index is 543. The Labute approximate surface area is 116 Å². The fraction of sp³-hybridized carbons (Fsp3) is 0.267. The van der Waals surface area contributed by atoms with Gasteiger partial charge in [0.2, 0.25) is 0 Å². The van der Waals surface area contributed by atoms with E-state index in [2.05, 4.69) is 5.32 Å². The van der Waals surface area contributed by atoms with Crippen molar-refractivity contribution in [2.24, 2.45) is 0 Å². The lowest BCUT2D eigenvalue weighted by molar-refractivity contribution is -0.120. The van der Waals surface area contributed by atoms with Gasteiger partial charge in [0, 0.05) is 12.1 Å². The van der Waals surface area contributed by atoms with Gasteiger partial charge in [-0.25, -0.2) is 8.78 Å². The van der Waals surface area contributed by atoms with Crippen molar-refractivity contribution in [1.29, 1.82) is 0 Å². The smallest absolute Gasteiger partial charge is 0.286 e. The molecule has 3 nitrogen and oxygen atoms in total. The predicted molar refractivity (Wildman–Crippen MR) is 74.0 cm³/mol. The molecule has 1 amide bonds. The number of hydrogen-bond donors (Lipinski definition) is 2. The molecule has 0 radical (unpaired) electrons. The fourth-order valence-electron chi connectivity index (χ4n) is 1.49. The molecular formula is C15H17F2NO2. The van der Waals surface area contributed by atoms with Crippen LogP contribution in [0, 0.1) is 11.6 Å². The van der Waals surface area contributed by atoms with Crippen LogP contribution in [-0.2, 0) is 4.79 Å². The Morgan fingerprint density at radius 2 is 1.75 bits per heavy atom. The van der Waals surface area contributed by atoms with Crippen molar-refractivity contribution in [2.45, 2.75) is 26.8 Å². The molecule has 0 atom stereocenters. The van der Waals surface area contributed by atoms with Crippen molar-refractivity contribution in [2.75, 3.05) is 0 Å². The van der Waals surface area contributed by atoms with Crippen LogP contribution in [0.4, 0.5) is 8.78 Å². The molecule has 20 heavy (non-hydrogen) atoms. The van der Waals surface area contributed by atoms with Gasteiger partial charge in [0.05, 0.1) is 0 Å². The topological polar surface area (TPSA) is 49.3 Å². The van der Waals surface area contributed by atoms with E-state index in [9.17, 15) is 18.7 Å². The molecule has 0 saturated carbocycles. The van der Waals surface area contributed by atoms with E-state index in [4.69, 9.17) is 0 Å². The van der Waals surface area contributed by atoms with E-state index in [1.165, 1.54) is 24.3 Å². The van der Waals surface area contributed by atoms with Crippen LogP contribution in [0.25, 0.3) is 5.57 Å². The van der Waals surface area contributed by atoms with Crippen LogP contribution in [0.1, 0.15) is 26.3 Å². The fourth-order valence-corrected chi connectivity index (χ4v) is 1.49. The van der Waals surface area contributed by atoms with Crippen LogP contribution in [0.2, 0.25) is 0 Å². The van der Waals surface area contributed by atoms with Gasteiger partial charge < -0.3 is 10.4 Å². The van der Waals surface area contributed by atoms with E-state index in [0.29, 0.717) is 11.1 Å². The zero-order valence-corrected chi connectivity index (χ0v) is 11.6. The largest absolute Gasteiger partial charge is 0.503 e. The van der Waals surface area contributed by atoms with Crippen molar-refractivity contribution < 1.29 is 18.7 Å². The molecule has 0 aliphatic rings. The lowest BCUT2D eigenvalue weighted by Crippen LogP contribution is -2.31. The summed E-state index contributed by atoms with van der Waals surface area (Å²) in [5.41, 5.74) is 0.864. The molecule has 2 N–H and O–H groups in total. The van der Waals surface area contributed by atoms with Gasteiger partial charge in [0.1, 0.15) is 11.6 Å². The number of allylic oxidation sites excluding steroid dienone is 3. The highest BCUT2D eigenvalue weighted by atomic mass is 19.1. The third-order valence-corrected chi connectivity index (χ3v) is 2.46. The predicted octanol–water partition coefficient (Wildman–Crippen LogP) is 3.33. The number of hydrogen-bond acceptors (Lipinski definition) is 2. The van der Waals surface area contributed by atoms with E-state index in [1.54, 1.807) is 20.8 Å². The summed E-state index contributed by atoms with van der Waals surface area (Å²) in [6, 6.07) is 3.03. The van der Waals surface area contributed by atoms with Gasteiger partial charge in [0.25, 0.3) is 5.91 Å². The van der Waals surface area contributed by atoms with Crippen molar-refractivity contribution in [1.82, 2.24) is 5.32 Å². The first kappa shape index (κ1) is 15.9. The summed E-state index contributed by atoms with van der Waals surface area (Å²) in [6.07, 6.45) is 2.61. The van der Waals surface area contributed by atoms with Gasteiger partial charge in [-0.2, -0.15) is 0 Å². The Kier molecular flexibility index (Phi) is 5.43. The van der Waals surface area contributed by atoms with Crippen molar-refractivity contribution in [3.05, 3.63) is 53.3 Å². The molecule has 5 heteroatoms. The molecule has 1 aromatic carbocycles. The molecule has 0 unspecified atom stereocenters. The second kappa shape index (κ2) is 6.84. The van der Waals surface area contributed by atoms with Gasteiger partial charge >= 0.3 is 0 Å². The highest BCUT2D eigenvalue weighted by Gasteiger charge is 2.07. The Balaban J connectivity index is 2.90. The summed E-state index contributed by atoms with van der Waals surface area (Å²) in [4.78, 5) is 11.4. The van der Waals surface area contributed by atoms with Gasteiger partial charge in [-0.05, 0) is 50.1 Å². The van der Waals surface area contributed by atoms with Crippen LogP contribution in [0.15, 0.2) is 36.1 Å². The Hall–Kier alpha value is -2.17. The first-order valence-corrected chi connectivity index (χ1v) is 6.14. The normalized spacial score (nSPS) is 12.7. The summed E-state index contributed by atoms with van der Waals surface area (Å²) in [6.45, 7) is 5.15. The molecule has 1 rings (SSSR count). The standard InChI is InChI=1S/C15H17F2NO2/c1-9(2)18-15(20)14(19)5-4-10(3)11-6-12(16)8-13(17)7-11/h4-9,19H,1-3H3,(H,18,20)/b10-4+,14-5-. The first-order valence-electron chi connectivity index (χ1n) is 6.14. The summed E-state index contributed by atoms with van der Waals surface area (Å²) in [5.74, 6) is -2.43. The minimum absolute atomic E-state index is 0.0968. The Morgan fingerprint density at radius 3 is 2.25 bits per heavy atom. The molecule has 0 aliphatic carbocycles. The maximum Gasteiger partial charge on any atom is 0.286 e. The third kappa shape index (κ3) is 4.84. The highest BCUT2D eigenvalue weighted by Crippen LogP contribution is 2.17. The maximum absolute atomic E-state index is 13.1. The third-order valence-electron chi connectivity index (χ3n) is 2.46. The van der Waals surface area contributed by atoms with Crippen molar-refractivity contribution >= 4 is 11.5 Å². The van der Waals surface area contributed by atoms with Gasteiger partial charge in [-0.1, -0.05) is 6.08 Å². The highest BCUT2D eigenvalue weighted by molar-refractivity contribution is 5.91. The molecular weight excluding hydrogens is 264 g/mol. The van der Waals surface area contributed by atoms with Crippen molar-refractivity contribution in [3.63, 3.8) is 0 Å². The van der Waals surface area contributed by atoms with E-state index >= 15 is 0 Å². The average Bonchev–Trinajstić information content (AvgIpc) is 2.33.